The molecule has 2 atom stereocenters. The number of hydrogen-bond acceptors (Lipinski definition) is 4. The van der Waals surface area contributed by atoms with Crippen LogP contribution >= 0.6 is 0 Å². The number of carbonyl (C=O) groups excluding carboxylic acids is 1. The minimum absolute atomic E-state index is 0.206. The summed E-state index contributed by atoms with van der Waals surface area (Å²) >= 11 is 0. The van der Waals surface area contributed by atoms with E-state index in [1.54, 1.807) is 6.08 Å². The van der Waals surface area contributed by atoms with Gasteiger partial charge < -0.3 is 19.5 Å². The molecule has 1 N–H and O–H groups in total. The zero-order chi connectivity index (χ0) is 22.4. The Labute approximate surface area is 189 Å². The molecule has 0 radical (unpaired) electrons. The molecule has 0 heterocycles. The number of rotatable bonds is 12. The quantitative estimate of drug-likeness (QED) is 0.397. The summed E-state index contributed by atoms with van der Waals surface area (Å²) in [4.78, 5) is 12.2. The molecule has 0 saturated heterocycles. The van der Waals surface area contributed by atoms with E-state index >= 15 is 0 Å². The van der Waals surface area contributed by atoms with E-state index in [1.807, 2.05) is 91.0 Å². The normalized spacial score (nSPS) is 12.5. The standard InChI is InChI=1S/C27H29NO4/c1-2-25(30-19-22-12-6-3-7-13-22)26(31-20-23-14-8-4-9-15-23)18-28-27(29)32-21-24-16-10-5-11-17-24/h2-17,25-26H,1,18-21H2,(H,28,29)/t25-,26-/m0/s1. The molecule has 0 aliphatic heterocycles. The Hall–Kier alpha value is -3.41. The van der Waals surface area contributed by atoms with Crippen LogP contribution in [0.4, 0.5) is 4.79 Å². The molecule has 0 aromatic heterocycles. The predicted molar refractivity (Wildman–Crippen MR) is 125 cm³/mol. The Balaban J connectivity index is 1.56. The highest BCUT2D eigenvalue weighted by atomic mass is 16.6. The Bertz CT molecular complexity index is 932. The molecule has 0 bridgehead atoms. The van der Waals surface area contributed by atoms with Crippen LogP contribution in [0, 0.1) is 0 Å². The molecular formula is C27H29NO4. The number of carbonyl (C=O) groups is 1. The molecule has 5 heteroatoms. The zero-order valence-corrected chi connectivity index (χ0v) is 18.1. The molecular weight excluding hydrogens is 402 g/mol. The molecule has 3 rings (SSSR count). The number of hydrogen-bond donors (Lipinski definition) is 1. The second kappa shape index (κ2) is 13.1. The topological polar surface area (TPSA) is 56.8 Å². The molecule has 3 aromatic rings. The Morgan fingerprint density at radius 1 is 0.750 bits per heavy atom. The predicted octanol–water partition coefficient (Wildman–Crippen LogP) is 5.27. The Kier molecular flexibility index (Phi) is 9.52. The number of benzene rings is 3. The molecule has 32 heavy (non-hydrogen) atoms. The average molecular weight is 432 g/mol. The first-order valence-electron chi connectivity index (χ1n) is 10.6. The first-order valence-corrected chi connectivity index (χ1v) is 10.6. The molecule has 0 spiro atoms. The minimum atomic E-state index is -0.506. The van der Waals surface area contributed by atoms with E-state index in [9.17, 15) is 4.79 Å². The first-order chi connectivity index (χ1) is 15.7. The third-order valence-corrected chi connectivity index (χ3v) is 4.85. The van der Waals surface area contributed by atoms with Crippen molar-refractivity contribution < 1.29 is 19.0 Å². The first kappa shape index (κ1) is 23.3. The van der Waals surface area contributed by atoms with E-state index in [4.69, 9.17) is 14.2 Å². The third-order valence-electron chi connectivity index (χ3n) is 4.85. The van der Waals surface area contributed by atoms with Gasteiger partial charge in [0.05, 0.1) is 19.8 Å². The van der Waals surface area contributed by atoms with Crippen molar-refractivity contribution in [3.05, 3.63) is 120 Å². The van der Waals surface area contributed by atoms with Gasteiger partial charge in [0.25, 0.3) is 0 Å². The SMILES string of the molecule is C=C[C@H](OCc1ccccc1)[C@H](CNC(=O)OCc1ccccc1)OCc1ccccc1. The van der Waals surface area contributed by atoms with Gasteiger partial charge in [-0.05, 0) is 16.7 Å². The Morgan fingerprint density at radius 2 is 1.22 bits per heavy atom. The fourth-order valence-electron chi connectivity index (χ4n) is 3.10. The number of ether oxygens (including phenoxy) is 3. The van der Waals surface area contributed by atoms with Crippen LogP contribution in [0.2, 0.25) is 0 Å². The van der Waals surface area contributed by atoms with E-state index in [0.717, 1.165) is 16.7 Å². The second-order valence-electron chi connectivity index (χ2n) is 7.27. The number of amides is 1. The fraction of sp³-hybridized carbons (Fsp3) is 0.222. The van der Waals surface area contributed by atoms with E-state index < -0.39 is 18.3 Å². The van der Waals surface area contributed by atoms with Gasteiger partial charge in [0, 0.05) is 0 Å². The van der Waals surface area contributed by atoms with Gasteiger partial charge in [-0.15, -0.1) is 6.58 Å². The smallest absolute Gasteiger partial charge is 0.407 e. The molecule has 5 nitrogen and oxygen atoms in total. The van der Waals surface area contributed by atoms with Crippen molar-refractivity contribution in [1.82, 2.24) is 5.32 Å². The van der Waals surface area contributed by atoms with Crippen molar-refractivity contribution in [2.45, 2.75) is 32.0 Å². The van der Waals surface area contributed by atoms with Crippen LogP contribution in [0.5, 0.6) is 0 Å². The molecule has 0 aliphatic carbocycles. The van der Waals surface area contributed by atoms with Crippen molar-refractivity contribution in [2.75, 3.05) is 6.54 Å². The second-order valence-corrected chi connectivity index (χ2v) is 7.27. The maximum Gasteiger partial charge on any atom is 0.407 e. The van der Waals surface area contributed by atoms with Gasteiger partial charge in [0.2, 0.25) is 0 Å². The van der Waals surface area contributed by atoms with Crippen LogP contribution in [-0.4, -0.2) is 24.8 Å². The fourth-order valence-corrected chi connectivity index (χ4v) is 3.10. The molecule has 0 fully saturated rings. The molecule has 0 unspecified atom stereocenters. The van der Waals surface area contributed by atoms with Crippen LogP contribution in [0.1, 0.15) is 16.7 Å². The van der Waals surface area contributed by atoms with Crippen LogP contribution in [0.3, 0.4) is 0 Å². The maximum absolute atomic E-state index is 12.2. The summed E-state index contributed by atoms with van der Waals surface area (Å²) in [5, 5.41) is 2.79. The van der Waals surface area contributed by atoms with E-state index in [0.29, 0.717) is 13.2 Å². The van der Waals surface area contributed by atoms with Crippen molar-refractivity contribution >= 4 is 6.09 Å². The number of nitrogens with one attached hydrogen (secondary N) is 1. The highest BCUT2D eigenvalue weighted by Crippen LogP contribution is 2.13. The largest absolute Gasteiger partial charge is 0.445 e. The molecule has 0 saturated carbocycles. The molecule has 3 aromatic carbocycles. The van der Waals surface area contributed by atoms with Gasteiger partial charge in [0.1, 0.15) is 18.8 Å². The van der Waals surface area contributed by atoms with Gasteiger partial charge in [0.15, 0.2) is 0 Å². The van der Waals surface area contributed by atoms with Gasteiger partial charge in [-0.3, -0.25) is 0 Å². The van der Waals surface area contributed by atoms with Crippen molar-refractivity contribution in [3.63, 3.8) is 0 Å². The van der Waals surface area contributed by atoms with Gasteiger partial charge in [-0.25, -0.2) is 4.79 Å². The summed E-state index contributed by atoms with van der Waals surface area (Å²) in [7, 11) is 0. The van der Waals surface area contributed by atoms with Gasteiger partial charge in [-0.2, -0.15) is 0 Å². The average Bonchev–Trinajstić information content (AvgIpc) is 2.86. The lowest BCUT2D eigenvalue weighted by Crippen LogP contribution is -2.41. The minimum Gasteiger partial charge on any atom is -0.445 e. The maximum atomic E-state index is 12.2. The van der Waals surface area contributed by atoms with Crippen molar-refractivity contribution in [1.29, 1.82) is 0 Å². The molecule has 166 valence electrons. The van der Waals surface area contributed by atoms with Crippen LogP contribution in [0.25, 0.3) is 0 Å². The lowest BCUT2D eigenvalue weighted by atomic mass is 10.1. The van der Waals surface area contributed by atoms with Crippen LogP contribution in [-0.2, 0) is 34.0 Å². The van der Waals surface area contributed by atoms with Gasteiger partial charge >= 0.3 is 6.09 Å². The summed E-state index contributed by atoms with van der Waals surface area (Å²) in [6.07, 6.45) is 0.359. The highest BCUT2D eigenvalue weighted by molar-refractivity contribution is 5.67. The van der Waals surface area contributed by atoms with Gasteiger partial charge in [-0.1, -0.05) is 97.1 Å². The zero-order valence-electron chi connectivity index (χ0n) is 18.1. The van der Waals surface area contributed by atoms with E-state index in [-0.39, 0.29) is 13.2 Å². The van der Waals surface area contributed by atoms with E-state index in [2.05, 4.69) is 11.9 Å². The lowest BCUT2D eigenvalue weighted by molar-refractivity contribution is -0.0627. The lowest BCUT2D eigenvalue weighted by Gasteiger charge is -2.25. The Morgan fingerprint density at radius 3 is 1.72 bits per heavy atom. The molecule has 1 amide bonds. The monoisotopic (exact) mass is 431 g/mol. The summed E-state index contributed by atoms with van der Waals surface area (Å²) < 4.78 is 17.5. The molecule has 0 aliphatic rings. The van der Waals surface area contributed by atoms with E-state index in [1.165, 1.54) is 0 Å². The highest BCUT2D eigenvalue weighted by Gasteiger charge is 2.22. The third kappa shape index (κ3) is 8.02. The summed E-state index contributed by atoms with van der Waals surface area (Å²) in [5.41, 5.74) is 3.01. The summed E-state index contributed by atoms with van der Waals surface area (Å²) in [6, 6.07) is 29.3. The van der Waals surface area contributed by atoms with Crippen molar-refractivity contribution in [2.24, 2.45) is 0 Å². The van der Waals surface area contributed by atoms with Crippen LogP contribution in [0.15, 0.2) is 104 Å². The summed E-state index contributed by atoms with van der Waals surface area (Å²) in [6.45, 7) is 5.15. The van der Waals surface area contributed by atoms with Crippen LogP contribution < -0.4 is 5.32 Å². The summed E-state index contributed by atoms with van der Waals surface area (Å²) in [5.74, 6) is 0. The number of alkyl carbamates (subject to hydrolysis) is 1. The van der Waals surface area contributed by atoms with Crippen molar-refractivity contribution in [3.8, 4) is 0 Å².